The molecule has 134 valence electrons. The van der Waals surface area contributed by atoms with Gasteiger partial charge < -0.3 is 10.4 Å². The minimum absolute atomic E-state index is 0.168. The molecular weight excluding hydrogens is 318 g/mol. The van der Waals surface area contributed by atoms with Crippen molar-refractivity contribution in [2.24, 2.45) is 5.92 Å². The molecule has 0 unspecified atom stereocenters. The molecule has 0 bridgehead atoms. The summed E-state index contributed by atoms with van der Waals surface area (Å²) in [6.07, 6.45) is 2.50. The maximum absolute atomic E-state index is 12.6. The van der Waals surface area contributed by atoms with Crippen molar-refractivity contribution in [1.82, 2.24) is 15.1 Å². The first-order valence-corrected chi connectivity index (χ1v) is 8.51. The van der Waals surface area contributed by atoms with E-state index in [1.54, 1.807) is 4.68 Å². The Labute approximate surface area is 147 Å². The van der Waals surface area contributed by atoms with Crippen LogP contribution < -0.4 is 5.32 Å². The van der Waals surface area contributed by atoms with Crippen LogP contribution in [0.5, 0.6) is 0 Å². The standard InChI is InChI=1S/C19H25N3O3/c1-5-16-14(18(23)21-15(19(24)25)10-12(2)3)11-20-22(16)17-9-7-6-8-13(17)4/h6-9,11-12,15H,5,10H2,1-4H3,(H,21,23)(H,24,25)/t15-/m1/s1. The lowest BCUT2D eigenvalue weighted by Gasteiger charge is -2.16. The molecule has 2 N–H and O–H groups in total. The molecule has 1 aromatic carbocycles. The zero-order valence-corrected chi connectivity index (χ0v) is 15.1. The highest BCUT2D eigenvalue weighted by atomic mass is 16.4. The van der Waals surface area contributed by atoms with Gasteiger partial charge in [-0.15, -0.1) is 0 Å². The summed E-state index contributed by atoms with van der Waals surface area (Å²) in [6, 6.07) is 6.90. The zero-order valence-electron chi connectivity index (χ0n) is 15.1. The third-order valence-corrected chi connectivity index (χ3v) is 4.10. The topological polar surface area (TPSA) is 84.2 Å². The number of aromatic nitrogens is 2. The molecule has 0 radical (unpaired) electrons. The van der Waals surface area contributed by atoms with Crippen molar-refractivity contribution >= 4 is 11.9 Å². The number of aliphatic carboxylic acids is 1. The Bertz CT molecular complexity index is 765. The predicted octanol–water partition coefficient (Wildman–Crippen LogP) is 2.97. The number of nitrogens with one attached hydrogen (secondary N) is 1. The molecule has 0 saturated carbocycles. The number of carboxylic acids is 1. The van der Waals surface area contributed by atoms with Crippen LogP contribution in [0.3, 0.4) is 0 Å². The molecular formula is C19H25N3O3. The van der Waals surface area contributed by atoms with Gasteiger partial charge in [0.15, 0.2) is 0 Å². The summed E-state index contributed by atoms with van der Waals surface area (Å²) in [5, 5.41) is 16.3. The van der Waals surface area contributed by atoms with Gasteiger partial charge in [-0.05, 0) is 37.3 Å². The molecule has 0 fully saturated rings. The summed E-state index contributed by atoms with van der Waals surface area (Å²) in [5.41, 5.74) is 3.15. The monoisotopic (exact) mass is 343 g/mol. The summed E-state index contributed by atoms with van der Waals surface area (Å²) in [4.78, 5) is 24.0. The number of benzene rings is 1. The van der Waals surface area contributed by atoms with E-state index in [2.05, 4.69) is 10.4 Å². The molecule has 6 heteroatoms. The average Bonchev–Trinajstić information content (AvgIpc) is 2.97. The van der Waals surface area contributed by atoms with Gasteiger partial charge in [0.05, 0.1) is 23.1 Å². The highest BCUT2D eigenvalue weighted by Crippen LogP contribution is 2.19. The average molecular weight is 343 g/mol. The van der Waals surface area contributed by atoms with Gasteiger partial charge in [0.25, 0.3) is 5.91 Å². The Morgan fingerprint density at radius 3 is 2.52 bits per heavy atom. The zero-order chi connectivity index (χ0) is 18.6. The maximum Gasteiger partial charge on any atom is 0.326 e. The quantitative estimate of drug-likeness (QED) is 0.809. The lowest BCUT2D eigenvalue weighted by atomic mass is 10.0. The summed E-state index contributed by atoms with van der Waals surface area (Å²) in [5.74, 6) is -1.25. The van der Waals surface area contributed by atoms with Crippen LogP contribution in [0.2, 0.25) is 0 Å². The number of amides is 1. The van der Waals surface area contributed by atoms with Gasteiger partial charge in [0.1, 0.15) is 6.04 Å². The molecule has 2 aromatic rings. The Hall–Kier alpha value is -2.63. The van der Waals surface area contributed by atoms with Gasteiger partial charge in [-0.25, -0.2) is 9.48 Å². The van der Waals surface area contributed by atoms with E-state index in [4.69, 9.17) is 0 Å². The summed E-state index contributed by atoms with van der Waals surface area (Å²) in [6.45, 7) is 7.79. The highest BCUT2D eigenvalue weighted by Gasteiger charge is 2.24. The lowest BCUT2D eigenvalue weighted by molar-refractivity contribution is -0.139. The lowest BCUT2D eigenvalue weighted by Crippen LogP contribution is -2.41. The summed E-state index contributed by atoms with van der Waals surface area (Å²) < 4.78 is 1.75. The number of carboxylic acid groups (broad SMARTS) is 1. The van der Waals surface area contributed by atoms with Crippen molar-refractivity contribution in [3.05, 3.63) is 47.3 Å². The smallest absolute Gasteiger partial charge is 0.326 e. The van der Waals surface area contributed by atoms with Crippen LogP contribution in [-0.4, -0.2) is 32.8 Å². The molecule has 0 aliphatic heterocycles. The predicted molar refractivity (Wildman–Crippen MR) is 96.0 cm³/mol. The van der Waals surface area contributed by atoms with E-state index in [0.29, 0.717) is 18.4 Å². The number of carbonyl (C=O) groups is 2. The van der Waals surface area contributed by atoms with Crippen LogP contribution >= 0.6 is 0 Å². The maximum atomic E-state index is 12.6. The number of para-hydroxylation sites is 1. The SMILES string of the molecule is CCc1c(C(=O)N[C@H](CC(C)C)C(=O)O)cnn1-c1ccccc1C. The number of carbonyl (C=O) groups excluding carboxylic acids is 1. The Morgan fingerprint density at radius 1 is 1.28 bits per heavy atom. The first-order valence-electron chi connectivity index (χ1n) is 8.51. The van der Waals surface area contributed by atoms with Crippen LogP contribution in [0.15, 0.2) is 30.5 Å². The van der Waals surface area contributed by atoms with Crippen molar-refractivity contribution < 1.29 is 14.7 Å². The molecule has 2 rings (SSSR count). The molecule has 1 atom stereocenters. The minimum Gasteiger partial charge on any atom is -0.480 e. The van der Waals surface area contributed by atoms with Crippen LogP contribution in [-0.2, 0) is 11.2 Å². The summed E-state index contributed by atoms with van der Waals surface area (Å²) in [7, 11) is 0. The van der Waals surface area contributed by atoms with Crippen molar-refractivity contribution in [2.75, 3.05) is 0 Å². The van der Waals surface area contributed by atoms with Gasteiger partial charge in [-0.3, -0.25) is 4.79 Å². The van der Waals surface area contributed by atoms with Crippen molar-refractivity contribution in [3.63, 3.8) is 0 Å². The number of hydrogen-bond donors (Lipinski definition) is 2. The van der Waals surface area contributed by atoms with Gasteiger partial charge in [-0.1, -0.05) is 39.0 Å². The van der Waals surface area contributed by atoms with E-state index < -0.39 is 17.9 Å². The van der Waals surface area contributed by atoms with E-state index in [-0.39, 0.29) is 5.92 Å². The molecule has 0 aliphatic rings. The Balaban J connectivity index is 2.32. The van der Waals surface area contributed by atoms with Crippen molar-refractivity contribution in [3.8, 4) is 5.69 Å². The fourth-order valence-corrected chi connectivity index (χ4v) is 2.84. The fraction of sp³-hybridized carbons (Fsp3) is 0.421. The number of rotatable bonds is 7. The second kappa shape index (κ2) is 7.96. The molecule has 0 saturated heterocycles. The molecule has 25 heavy (non-hydrogen) atoms. The van der Waals surface area contributed by atoms with E-state index >= 15 is 0 Å². The third kappa shape index (κ3) is 4.26. The van der Waals surface area contributed by atoms with E-state index in [1.165, 1.54) is 6.20 Å². The van der Waals surface area contributed by atoms with Crippen molar-refractivity contribution in [1.29, 1.82) is 0 Å². The van der Waals surface area contributed by atoms with Gasteiger partial charge in [0, 0.05) is 0 Å². The molecule has 1 aromatic heterocycles. The normalized spacial score (nSPS) is 12.2. The Morgan fingerprint density at radius 2 is 1.96 bits per heavy atom. The first-order chi connectivity index (χ1) is 11.8. The Kier molecular flexibility index (Phi) is 5.96. The second-order valence-corrected chi connectivity index (χ2v) is 6.55. The molecule has 1 amide bonds. The van der Waals surface area contributed by atoms with Crippen LogP contribution in [0.4, 0.5) is 0 Å². The van der Waals surface area contributed by atoms with Crippen LogP contribution in [0.1, 0.15) is 48.8 Å². The van der Waals surface area contributed by atoms with Gasteiger partial charge >= 0.3 is 5.97 Å². The van der Waals surface area contributed by atoms with Gasteiger partial charge in [0.2, 0.25) is 0 Å². The van der Waals surface area contributed by atoms with Crippen LogP contribution in [0.25, 0.3) is 5.69 Å². The molecule has 0 aliphatic carbocycles. The first kappa shape index (κ1) is 18.7. The molecule has 6 nitrogen and oxygen atoms in total. The van der Waals surface area contributed by atoms with E-state index in [9.17, 15) is 14.7 Å². The van der Waals surface area contributed by atoms with Gasteiger partial charge in [-0.2, -0.15) is 5.10 Å². The number of aryl methyl sites for hydroxylation is 1. The number of hydrogen-bond acceptors (Lipinski definition) is 3. The number of nitrogens with zero attached hydrogens (tertiary/aromatic N) is 2. The fourth-order valence-electron chi connectivity index (χ4n) is 2.84. The van der Waals surface area contributed by atoms with Crippen molar-refractivity contribution in [2.45, 2.75) is 46.6 Å². The molecule has 1 heterocycles. The largest absolute Gasteiger partial charge is 0.480 e. The van der Waals surface area contributed by atoms with Crippen LogP contribution in [0, 0.1) is 12.8 Å². The summed E-state index contributed by atoms with van der Waals surface area (Å²) >= 11 is 0. The minimum atomic E-state index is -1.02. The highest BCUT2D eigenvalue weighted by molar-refractivity contribution is 5.97. The molecule has 0 spiro atoms. The van der Waals surface area contributed by atoms with E-state index in [1.807, 2.05) is 52.0 Å². The second-order valence-electron chi connectivity index (χ2n) is 6.55. The third-order valence-electron chi connectivity index (χ3n) is 4.10. The van der Waals surface area contributed by atoms with E-state index in [0.717, 1.165) is 16.9 Å².